The summed E-state index contributed by atoms with van der Waals surface area (Å²) in [7, 11) is 1.37. The van der Waals surface area contributed by atoms with Crippen LogP contribution in [0.1, 0.15) is 23.2 Å². The van der Waals surface area contributed by atoms with Crippen LogP contribution in [0.5, 0.6) is 0 Å². The molecule has 0 aliphatic carbocycles. The Morgan fingerprint density at radius 3 is 2.57 bits per heavy atom. The molecule has 152 valence electrons. The van der Waals surface area contributed by atoms with Crippen LogP contribution in [0, 0.1) is 5.82 Å². The van der Waals surface area contributed by atoms with Crippen LogP contribution in [-0.4, -0.2) is 39.0 Å². The minimum Gasteiger partial charge on any atom is -0.369 e. The molecule has 1 aliphatic heterocycles. The highest BCUT2D eigenvalue weighted by atomic mass is 19.3. The molecule has 4 rings (SSSR count). The molecule has 7 nitrogen and oxygen atoms in total. The first kappa shape index (κ1) is 19.5. The van der Waals surface area contributed by atoms with Crippen molar-refractivity contribution in [3.8, 4) is 11.3 Å². The predicted octanol–water partition coefficient (Wildman–Crippen LogP) is 2.65. The van der Waals surface area contributed by atoms with Crippen molar-refractivity contribution in [2.24, 2.45) is 10.7 Å². The van der Waals surface area contributed by atoms with E-state index in [1.807, 2.05) is 0 Å². The number of aliphatic imine (C=N–C) groups is 1. The molecular formula is C20H15F3N6O. The van der Waals surface area contributed by atoms with E-state index >= 15 is 4.39 Å². The molecule has 1 aliphatic rings. The zero-order valence-corrected chi connectivity index (χ0v) is 15.6. The van der Waals surface area contributed by atoms with E-state index in [0.717, 1.165) is 29.3 Å². The monoisotopic (exact) mass is 412 g/mol. The molecule has 3 aromatic rings. The third-order valence-corrected chi connectivity index (χ3v) is 4.87. The van der Waals surface area contributed by atoms with Gasteiger partial charge in [-0.3, -0.25) is 14.7 Å². The standard InChI is InChI=1S/C20H15F3N6O/c1-29-18(30)20(27-19(29)24,16-10-12(17(22)23)6-8-25-16)13-9-11(4-5-14(13)21)15-3-2-7-26-28-15/h2-10,17H,1H3,(H2,24,27). The largest absolute Gasteiger partial charge is 0.369 e. The number of pyridine rings is 1. The Bertz CT molecular complexity index is 1150. The number of halogens is 3. The molecule has 3 heterocycles. The summed E-state index contributed by atoms with van der Waals surface area (Å²) in [6.07, 6.45) is -0.203. The van der Waals surface area contributed by atoms with Crippen molar-refractivity contribution in [1.82, 2.24) is 20.1 Å². The lowest BCUT2D eigenvalue weighted by Crippen LogP contribution is -2.42. The minimum atomic E-state index is -2.81. The van der Waals surface area contributed by atoms with Crippen molar-refractivity contribution in [2.45, 2.75) is 12.0 Å². The maximum Gasteiger partial charge on any atom is 0.268 e. The maximum absolute atomic E-state index is 15.1. The summed E-state index contributed by atoms with van der Waals surface area (Å²) in [5.41, 5.74) is 3.98. The number of nitrogens with zero attached hydrogens (tertiary/aromatic N) is 5. The minimum absolute atomic E-state index is 0.159. The van der Waals surface area contributed by atoms with Crippen LogP contribution in [0.15, 0.2) is 59.9 Å². The van der Waals surface area contributed by atoms with Crippen LogP contribution in [0.3, 0.4) is 0 Å². The second kappa shape index (κ2) is 7.21. The van der Waals surface area contributed by atoms with Crippen LogP contribution >= 0.6 is 0 Å². The van der Waals surface area contributed by atoms with E-state index in [0.29, 0.717) is 11.3 Å². The Morgan fingerprint density at radius 2 is 1.93 bits per heavy atom. The molecule has 0 saturated carbocycles. The van der Waals surface area contributed by atoms with Gasteiger partial charge in [0.15, 0.2) is 5.96 Å². The van der Waals surface area contributed by atoms with Gasteiger partial charge in [-0.15, -0.1) is 0 Å². The Morgan fingerprint density at radius 1 is 1.13 bits per heavy atom. The highest BCUT2D eigenvalue weighted by molar-refractivity contribution is 6.08. The van der Waals surface area contributed by atoms with Gasteiger partial charge in [0.05, 0.1) is 11.4 Å². The first-order valence-electron chi connectivity index (χ1n) is 8.80. The van der Waals surface area contributed by atoms with Gasteiger partial charge in [0, 0.05) is 36.1 Å². The van der Waals surface area contributed by atoms with Gasteiger partial charge >= 0.3 is 0 Å². The lowest BCUT2D eigenvalue weighted by atomic mass is 9.84. The molecule has 0 saturated heterocycles. The summed E-state index contributed by atoms with van der Waals surface area (Å²) in [5, 5.41) is 7.78. The van der Waals surface area contributed by atoms with Crippen molar-refractivity contribution in [1.29, 1.82) is 0 Å². The lowest BCUT2D eigenvalue weighted by molar-refractivity contribution is -0.129. The molecule has 2 N–H and O–H groups in total. The number of guanidine groups is 1. The van der Waals surface area contributed by atoms with E-state index < -0.39 is 23.7 Å². The van der Waals surface area contributed by atoms with Gasteiger partial charge in [-0.2, -0.15) is 10.2 Å². The number of amides is 1. The number of nitrogens with two attached hydrogens (primary N) is 1. The number of carbonyl (C=O) groups is 1. The lowest BCUT2D eigenvalue weighted by Gasteiger charge is -2.26. The average molecular weight is 412 g/mol. The fourth-order valence-corrected chi connectivity index (χ4v) is 3.32. The first-order valence-corrected chi connectivity index (χ1v) is 8.80. The van der Waals surface area contributed by atoms with Gasteiger partial charge in [0.1, 0.15) is 5.82 Å². The Hall–Kier alpha value is -3.82. The molecule has 2 aromatic heterocycles. The summed E-state index contributed by atoms with van der Waals surface area (Å²) >= 11 is 0. The highest BCUT2D eigenvalue weighted by Crippen LogP contribution is 2.41. The second-order valence-electron chi connectivity index (χ2n) is 6.62. The smallest absolute Gasteiger partial charge is 0.268 e. The zero-order valence-electron chi connectivity index (χ0n) is 15.6. The quantitative estimate of drug-likeness (QED) is 0.711. The van der Waals surface area contributed by atoms with Crippen molar-refractivity contribution in [3.63, 3.8) is 0 Å². The summed E-state index contributed by atoms with van der Waals surface area (Å²) in [6.45, 7) is 0. The number of carbonyl (C=O) groups excluding carboxylic acids is 1. The average Bonchev–Trinajstić information content (AvgIpc) is 2.99. The summed E-state index contributed by atoms with van der Waals surface area (Å²) in [5.74, 6) is -1.67. The number of hydrogen-bond acceptors (Lipinski definition) is 6. The Kier molecular flexibility index (Phi) is 4.69. The Labute approximate surface area is 169 Å². The van der Waals surface area contributed by atoms with Gasteiger partial charge in [0.25, 0.3) is 12.3 Å². The fraction of sp³-hybridized carbons (Fsp3) is 0.150. The van der Waals surface area contributed by atoms with Crippen LogP contribution in [0.2, 0.25) is 0 Å². The molecule has 0 fully saturated rings. The van der Waals surface area contributed by atoms with E-state index in [2.05, 4.69) is 20.2 Å². The number of likely N-dealkylation sites (N-methyl/N-ethyl adjacent to an activating group) is 1. The van der Waals surface area contributed by atoms with Crippen LogP contribution in [0.25, 0.3) is 11.3 Å². The third-order valence-electron chi connectivity index (χ3n) is 4.87. The molecule has 0 bridgehead atoms. The van der Waals surface area contributed by atoms with Gasteiger partial charge in [0.2, 0.25) is 5.54 Å². The van der Waals surface area contributed by atoms with Crippen LogP contribution in [-0.2, 0) is 10.3 Å². The molecule has 30 heavy (non-hydrogen) atoms. The van der Waals surface area contributed by atoms with Crippen molar-refractivity contribution < 1.29 is 18.0 Å². The molecule has 0 spiro atoms. The zero-order chi connectivity index (χ0) is 21.5. The number of hydrogen-bond donors (Lipinski definition) is 1. The van der Waals surface area contributed by atoms with E-state index in [9.17, 15) is 13.6 Å². The van der Waals surface area contributed by atoms with Gasteiger partial charge in [-0.05, 0) is 42.5 Å². The summed E-state index contributed by atoms with van der Waals surface area (Å²) < 4.78 is 41.7. The van der Waals surface area contributed by atoms with Crippen molar-refractivity contribution in [3.05, 3.63) is 77.5 Å². The number of alkyl halides is 2. The normalized spacial score (nSPS) is 18.8. The van der Waals surface area contributed by atoms with Gasteiger partial charge in [-0.1, -0.05) is 0 Å². The van der Waals surface area contributed by atoms with Crippen LogP contribution < -0.4 is 5.73 Å². The summed E-state index contributed by atoms with van der Waals surface area (Å²) in [6, 6.07) is 9.46. The first-order chi connectivity index (χ1) is 14.3. The Balaban J connectivity index is 2.00. The van der Waals surface area contributed by atoms with E-state index in [4.69, 9.17) is 5.73 Å². The molecule has 1 unspecified atom stereocenters. The fourth-order valence-electron chi connectivity index (χ4n) is 3.32. The van der Waals surface area contributed by atoms with Crippen molar-refractivity contribution in [2.75, 3.05) is 7.05 Å². The van der Waals surface area contributed by atoms with E-state index in [1.54, 1.807) is 12.1 Å². The van der Waals surface area contributed by atoms with Gasteiger partial charge < -0.3 is 5.73 Å². The predicted molar refractivity (Wildman–Crippen MR) is 102 cm³/mol. The van der Waals surface area contributed by atoms with Crippen molar-refractivity contribution >= 4 is 11.9 Å². The van der Waals surface area contributed by atoms with E-state index in [1.165, 1.54) is 25.4 Å². The number of rotatable bonds is 4. The van der Waals surface area contributed by atoms with E-state index in [-0.39, 0.29) is 22.8 Å². The second-order valence-corrected chi connectivity index (χ2v) is 6.62. The molecule has 1 amide bonds. The highest BCUT2D eigenvalue weighted by Gasteiger charge is 2.52. The number of aromatic nitrogens is 3. The molecule has 1 aromatic carbocycles. The molecule has 0 radical (unpaired) electrons. The SMILES string of the molecule is CN1C(=O)C(c2cc(C(F)F)ccn2)(c2cc(-c3cccnn3)ccc2F)N=C1N. The third kappa shape index (κ3) is 2.97. The summed E-state index contributed by atoms with van der Waals surface area (Å²) in [4.78, 5) is 22.5. The maximum atomic E-state index is 15.1. The van der Waals surface area contributed by atoms with Crippen LogP contribution in [0.4, 0.5) is 13.2 Å². The molecule has 1 atom stereocenters. The number of benzene rings is 1. The topological polar surface area (TPSA) is 97.4 Å². The van der Waals surface area contributed by atoms with Gasteiger partial charge in [-0.25, -0.2) is 18.2 Å². The molecular weight excluding hydrogens is 397 g/mol. The molecule has 10 heteroatoms.